The average molecular weight is 374 g/mol. The Hall–Kier alpha value is -2.96. The Bertz CT molecular complexity index is 764. The van der Waals surface area contributed by atoms with Crippen LogP contribution in [0.2, 0.25) is 0 Å². The molecule has 146 valence electrons. The van der Waals surface area contributed by atoms with Crippen molar-refractivity contribution < 1.29 is 19.1 Å². The van der Waals surface area contributed by atoms with Gasteiger partial charge in [0.1, 0.15) is 11.4 Å². The number of anilines is 2. The third kappa shape index (κ3) is 5.77. The highest BCUT2D eigenvalue weighted by atomic mass is 16.6. The number of benzene rings is 2. The van der Waals surface area contributed by atoms with Crippen molar-refractivity contribution in [3.8, 4) is 17.2 Å². The van der Waals surface area contributed by atoms with E-state index in [0.29, 0.717) is 35.2 Å². The molecule has 0 amide bonds. The molecule has 0 aromatic heterocycles. The molecule has 7 nitrogen and oxygen atoms in total. The third-order valence-corrected chi connectivity index (χ3v) is 4.09. The van der Waals surface area contributed by atoms with E-state index in [2.05, 4.69) is 12.2 Å². The monoisotopic (exact) mass is 374 g/mol. The van der Waals surface area contributed by atoms with Crippen LogP contribution in [0.3, 0.4) is 0 Å². The number of nitro benzene ring substituents is 1. The van der Waals surface area contributed by atoms with E-state index in [9.17, 15) is 10.1 Å². The summed E-state index contributed by atoms with van der Waals surface area (Å²) in [6.45, 7) is 2.75. The molecule has 2 aromatic rings. The maximum absolute atomic E-state index is 11.4. The van der Waals surface area contributed by atoms with Gasteiger partial charge in [-0.2, -0.15) is 0 Å². The van der Waals surface area contributed by atoms with Crippen molar-refractivity contribution >= 4 is 17.1 Å². The molecule has 0 atom stereocenters. The average Bonchev–Trinajstić information content (AvgIpc) is 2.67. The normalized spacial score (nSPS) is 10.3. The van der Waals surface area contributed by atoms with Crippen molar-refractivity contribution in [3.63, 3.8) is 0 Å². The first-order valence-corrected chi connectivity index (χ1v) is 8.99. The number of unbranched alkanes of at least 4 members (excludes halogenated alkanes) is 3. The standard InChI is InChI=1S/C20H26N2O5/c1-4-5-6-7-12-27-16-9-10-18(22(23)24)17(14-16)21-15-8-11-19(25-2)20(13-15)26-3/h8-11,13-14,21H,4-7,12H2,1-3H3. The number of nitro groups is 1. The molecule has 7 heteroatoms. The number of ether oxygens (including phenoxy) is 3. The molecule has 0 heterocycles. The summed E-state index contributed by atoms with van der Waals surface area (Å²) in [4.78, 5) is 10.9. The van der Waals surface area contributed by atoms with Crippen molar-refractivity contribution in [1.29, 1.82) is 0 Å². The van der Waals surface area contributed by atoms with Crippen molar-refractivity contribution in [2.75, 3.05) is 26.1 Å². The second kappa shape index (κ2) is 10.3. The van der Waals surface area contributed by atoms with Gasteiger partial charge in [-0.3, -0.25) is 10.1 Å². The van der Waals surface area contributed by atoms with Gasteiger partial charge in [-0.05, 0) is 24.6 Å². The van der Waals surface area contributed by atoms with E-state index in [1.54, 1.807) is 37.4 Å². The van der Waals surface area contributed by atoms with Gasteiger partial charge in [0, 0.05) is 23.9 Å². The van der Waals surface area contributed by atoms with Crippen molar-refractivity contribution in [2.45, 2.75) is 32.6 Å². The van der Waals surface area contributed by atoms with E-state index in [4.69, 9.17) is 14.2 Å². The Morgan fingerprint density at radius 3 is 2.44 bits per heavy atom. The van der Waals surface area contributed by atoms with E-state index in [1.807, 2.05) is 0 Å². The summed E-state index contributed by atoms with van der Waals surface area (Å²) >= 11 is 0. The first-order chi connectivity index (χ1) is 13.1. The smallest absolute Gasteiger partial charge is 0.292 e. The van der Waals surface area contributed by atoms with E-state index in [0.717, 1.165) is 19.3 Å². The molecule has 0 unspecified atom stereocenters. The van der Waals surface area contributed by atoms with Crippen LogP contribution in [0.4, 0.5) is 17.1 Å². The molecule has 27 heavy (non-hydrogen) atoms. The molecule has 2 rings (SSSR count). The van der Waals surface area contributed by atoms with Gasteiger partial charge in [0.25, 0.3) is 5.69 Å². The molecular formula is C20H26N2O5. The molecule has 0 spiro atoms. The quantitative estimate of drug-likeness (QED) is 0.326. The van der Waals surface area contributed by atoms with Crippen molar-refractivity contribution in [3.05, 3.63) is 46.5 Å². The second-order valence-corrected chi connectivity index (χ2v) is 6.04. The Balaban J connectivity index is 2.18. The van der Waals surface area contributed by atoms with Crippen LogP contribution in [-0.4, -0.2) is 25.7 Å². The zero-order valence-electron chi connectivity index (χ0n) is 16.0. The number of rotatable bonds is 11. The lowest BCUT2D eigenvalue weighted by Crippen LogP contribution is -2.01. The Kier molecular flexibility index (Phi) is 7.73. The number of nitrogens with zero attached hydrogens (tertiary/aromatic N) is 1. The predicted octanol–water partition coefficient (Wildman–Crippen LogP) is 5.31. The third-order valence-electron chi connectivity index (χ3n) is 4.09. The van der Waals surface area contributed by atoms with Crippen molar-refractivity contribution in [1.82, 2.24) is 0 Å². The van der Waals surface area contributed by atoms with Crippen LogP contribution in [0.25, 0.3) is 0 Å². The molecule has 0 saturated carbocycles. The van der Waals surface area contributed by atoms with Crippen LogP contribution in [0.15, 0.2) is 36.4 Å². The summed E-state index contributed by atoms with van der Waals surface area (Å²) in [6, 6.07) is 9.95. The number of hydrogen-bond donors (Lipinski definition) is 1. The molecule has 0 aliphatic rings. The van der Waals surface area contributed by atoms with Gasteiger partial charge in [0.05, 0.1) is 25.7 Å². The van der Waals surface area contributed by atoms with Crippen LogP contribution in [0, 0.1) is 10.1 Å². The van der Waals surface area contributed by atoms with E-state index >= 15 is 0 Å². The Morgan fingerprint density at radius 1 is 1.00 bits per heavy atom. The van der Waals surface area contributed by atoms with Crippen molar-refractivity contribution in [2.24, 2.45) is 0 Å². The minimum atomic E-state index is -0.423. The summed E-state index contributed by atoms with van der Waals surface area (Å²) in [5.74, 6) is 1.72. The fourth-order valence-electron chi connectivity index (χ4n) is 2.65. The number of methoxy groups -OCH3 is 2. The summed E-state index contributed by atoms with van der Waals surface area (Å²) in [5.41, 5.74) is 0.984. The SMILES string of the molecule is CCCCCCOc1ccc([N+](=O)[O-])c(Nc2ccc(OC)c(OC)c2)c1. The van der Waals surface area contributed by atoms with Crippen LogP contribution in [0.5, 0.6) is 17.2 Å². The topological polar surface area (TPSA) is 82.9 Å². The van der Waals surface area contributed by atoms with Gasteiger partial charge in [0.15, 0.2) is 11.5 Å². The summed E-state index contributed by atoms with van der Waals surface area (Å²) in [5, 5.41) is 14.4. The maximum atomic E-state index is 11.4. The van der Waals surface area contributed by atoms with E-state index in [1.165, 1.54) is 19.6 Å². The van der Waals surface area contributed by atoms with Gasteiger partial charge in [-0.1, -0.05) is 26.2 Å². The Labute approximate surface area is 159 Å². The van der Waals surface area contributed by atoms with Crippen LogP contribution in [0.1, 0.15) is 32.6 Å². The molecular weight excluding hydrogens is 348 g/mol. The first kappa shape index (κ1) is 20.4. The van der Waals surface area contributed by atoms with Gasteiger partial charge >= 0.3 is 0 Å². The van der Waals surface area contributed by atoms with Gasteiger partial charge < -0.3 is 19.5 Å². The second-order valence-electron chi connectivity index (χ2n) is 6.04. The summed E-state index contributed by atoms with van der Waals surface area (Å²) in [6.07, 6.45) is 4.41. The Morgan fingerprint density at radius 2 is 1.78 bits per heavy atom. The zero-order valence-corrected chi connectivity index (χ0v) is 16.0. The molecule has 0 aliphatic heterocycles. The first-order valence-electron chi connectivity index (χ1n) is 8.99. The zero-order chi connectivity index (χ0) is 19.6. The van der Waals surface area contributed by atoms with Gasteiger partial charge in [-0.15, -0.1) is 0 Å². The number of nitrogens with one attached hydrogen (secondary N) is 1. The lowest BCUT2D eigenvalue weighted by atomic mass is 10.2. The van der Waals surface area contributed by atoms with Crippen LogP contribution in [-0.2, 0) is 0 Å². The van der Waals surface area contributed by atoms with Gasteiger partial charge in [-0.25, -0.2) is 0 Å². The molecule has 0 radical (unpaired) electrons. The highest BCUT2D eigenvalue weighted by Crippen LogP contribution is 2.35. The highest BCUT2D eigenvalue weighted by molar-refractivity contribution is 5.72. The fourth-order valence-corrected chi connectivity index (χ4v) is 2.65. The lowest BCUT2D eigenvalue weighted by molar-refractivity contribution is -0.383. The molecule has 0 bridgehead atoms. The molecule has 0 aliphatic carbocycles. The molecule has 0 saturated heterocycles. The molecule has 2 aromatic carbocycles. The minimum absolute atomic E-state index is 0.0249. The summed E-state index contributed by atoms with van der Waals surface area (Å²) < 4.78 is 16.2. The van der Waals surface area contributed by atoms with E-state index in [-0.39, 0.29) is 5.69 Å². The maximum Gasteiger partial charge on any atom is 0.292 e. The van der Waals surface area contributed by atoms with E-state index < -0.39 is 4.92 Å². The fraction of sp³-hybridized carbons (Fsp3) is 0.400. The number of hydrogen-bond acceptors (Lipinski definition) is 6. The minimum Gasteiger partial charge on any atom is -0.494 e. The summed E-state index contributed by atoms with van der Waals surface area (Å²) in [7, 11) is 3.09. The molecule has 0 fully saturated rings. The predicted molar refractivity (Wildman–Crippen MR) is 106 cm³/mol. The van der Waals surface area contributed by atoms with Crippen LogP contribution < -0.4 is 19.5 Å². The molecule has 1 N–H and O–H groups in total. The van der Waals surface area contributed by atoms with Gasteiger partial charge in [0.2, 0.25) is 0 Å². The lowest BCUT2D eigenvalue weighted by Gasteiger charge is -2.13. The largest absolute Gasteiger partial charge is 0.494 e. The highest BCUT2D eigenvalue weighted by Gasteiger charge is 2.16. The van der Waals surface area contributed by atoms with Crippen LogP contribution >= 0.6 is 0 Å².